The Morgan fingerprint density at radius 1 is 1.19 bits per heavy atom. The molecule has 5 nitrogen and oxygen atoms in total. The monoisotopic (exact) mass is 371 g/mol. The molecule has 148 valence electrons. The number of piperidine rings is 2. The molecule has 0 aromatic heterocycles. The lowest BCUT2D eigenvalue weighted by Crippen LogP contribution is -2.55. The fourth-order valence-corrected chi connectivity index (χ4v) is 4.58. The number of para-hydroxylation sites is 1. The molecule has 2 aliphatic heterocycles. The summed E-state index contributed by atoms with van der Waals surface area (Å²) in [5, 5.41) is 0. The number of carbonyl (C=O) groups is 2. The Morgan fingerprint density at radius 3 is 2.70 bits per heavy atom. The number of anilines is 1. The lowest BCUT2D eigenvalue weighted by Gasteiger charge is -2.48. The van der Waals surface area contributed by atoms with Crippen molar-refractivity contribution in [2.24, 2.45) is 5.41 Å². The molecule has 1 unspecified atom stereocenters. The van der Waals surface area contributed by atoms with E-state index in [-0.39, 0.29) is 17.2 Å². The molecule has 5 heteroatoms. The maximum absolute atomic E-state index is 13.3. The molecule has 0 aliphatic carbocycles. The van der Waals surface area contributed by atoms with E-state index in [1.165, 1.54) is 0 Å². The summed E-state index contributed by atoms with van der Waals surface area (Å²) in [6, 6.07) is 7.84. The van der Waals surface area contributed by atoms with Crippen LogP contribution in [0.4, 0.5) is 5.69 Å². The third-order valence-electron chi connectivity index (χ3n) is 6.09. The van der Waals surface area contributed by atoms with Crippen molar-refractivity contribution < 1.29 is 9.59 Å². The van der Waals surface area contributed by atoms with Crippen molar-refractivity contribution in [3.63, 3.8) is 0 Å². The van der Waals surface area contributed by atoms with E-state index in [2.05, 4.69) is 11.8 Å². The molecule has 2 heterocycles. The van der Waals surface area contributed by atoms with Gasteiger partial charge in [-0.2, -0.15) is 0 Å². The number of amides is 2. The summed E-state index contributed by atoms with van der Waals surface area (Å²) in [5.74, 6) is 0.408. The Balaban J connectivity index is 1.76. The summed E-state index contributed by atoms with van der Waals surface area (Å²) < 4.78 is 0. The van der Waals surface area contributed by atoms with Gasteiger partial charge in [0, 0.05) is 57.8 Å². The molecule has 1 atom stereocenters. The van der Waals surface area contributed by atoms with Crippen LogP contribution in [0.15, 0.2) is 24.3 Å². The van der Waals surface area contributed by atoms with Gasteiger partial charge in [0.15, 0.2) is 0 Å². The molecule has 2 aliphatic rings. The average molecular weight is 372 g/mol. The first-order valence-corrected chi connectivity index (χ1v) is 10.3. The van der Waals surface area contributed by atoms with E-state index in [1.807, 2.05) is 48.2 Å². The second-order valence-electron chi connectivity index (χ2n) is 8.41. The van der Waals surface area contributed by atoms with Crippen molar-refractivity contribution in [2.45, 2.75) is 45.4 Å². The van der Waals surface area contributed by atoms with Crippen molar-refractivity contribution in [2.75, 3.05) is 45.2 Å². The van der Waals surface area contributed by atoms with Crippen LogP contribution in [-0.2, 0) is 4.79 Å². The van der Waals surface area contributed by atoms with E-state index in [9.17, 15) is 9.59 Å². The highest BCUT2D eigenvalue weighted by Crippen LogP contribution is 2.39. The number of nitrogens with zero attached hydrogens (tertiary/aromatic N) is 3. The minimum atomic E-state index is 0.0720. The molecule has 0 N–H and O–H groups in total. The molecule has 1 aromatic carbocycles. The van der Waals surface area contributed by atoms with Crippen molar-refractivity contribution in [3.05, 3.63) is 29.8 Å². The predicted octanol–water partition coefficient (Wildman–Crippen LogP) is 3.40. The summed E-state index contributed by atoms with van der Waals surface area (Å²) in [5.41, 5.74) is 1.81. The number of carbonyl (C=O) groups excluding carboxylic acids is 2. The number of rotatable bonds is 5. The van der Waals surface area contributed by atoms with Gasteiger partial charge < -0.3 is 14.7 Å². The summed E-state index contributed by atoms with van der Waals surface area (Å²) in [4.78, 5) is 31.7. The quantitative estimate of drug-likeness (QED) is 0.797. The van der Waals surface area contributed by atoms with E-state index in [0.717, 1.165) is 69.5 Å². The van der Waals surface area contributed by atoms with Gasteiger partial charge in [0.25, 0.3) is 5.91 Å². The molecule has 2 amide bonds. The molecule has 27 heavy (non-hydrogen) atoms. The zero-order valence-corrected chi connectivity index (χ0v) is 17.0. The topological polar surface area (TPSA) is 43.9 Å². The smallest absolute Gasteiger partial charge is 0.255 e. The first-order valence-electron chi connectivity index (χ1n) is 10.3. The van der Waals surface area contributed by atoms with Crippen molar-refractivity contribution in [1.82, 2.24) is 9.80 Å². The number of hydrogen-bond donors (Lipinski definition) is 0. The lowest BCUT2D eigenvalue weighted by atomic mass is 9.73. The molecule has 2 fully saturated rings. The van der Waals surface area contributed by atoms with Crippen molar-refractivity contribution in [1.29, 1.82) is 0 Å². The Bertz CT molecular complexity index is 688. The van der Waals surface area contributed by atoms with E-state index in [1.54, 1.807) is 0 Å². The second-order valence-corrected chi connectivity index (χ2v) is 8.41. The average Bonchev–Trinajstić information content (AvgIpc) is 2.68. The van der Waals surface area contributed by atoms with Crippen LogP contribution in [0.3, 0.4) is 0 Å². The SMILES string of the molecule is CCCCN1CC2(CCCN(C(=O)c3ccccc3N(C)C)C2)CCC1=O. The van der Waals surface area contributed by atoms with Crippen LogP contribution in [-0.4, -0.2) is 61.9 Å². The van der Waals surface area contributed by atoms with Crippen LogP contribution in [0.2, 0.25) is 0 Å². The van der Waals surface area contributed by atoms with E-state index in [0.29, 0.717) is 6.42 Å². The highest BCUT2D eigenvalue weighted by Gasteiger charge is 2.42. The second kappa shape index (κ2) is 8.32. The highest BCUT2D eigenvalue weighted by atomic mass is 16.2. The zero-order valence-electron chi connectivity index (χ0n) is 17.0. The van der Waals surface area contributed by atoms with Crippen molar-refractivity contribution >= 4 is 17.5 Å². The third-order valence-corrected chi connectivity index (χ3v) is 6.09. The van der Waals surface area contributed by atoms with Gasteiger partial charge in [-0.15, -0.1) is 0 Å². The van der Waals surface area contributed by atoms with Crippen LogP contribution in [0.1, 0.15) is 55.8 Å². The first-order chi connectivity index (χ1) is 13.0. The number of unbranched alkanes of at least 4 members (excludes halogenated alkanes) is 1. The predicted molar refractivity (Wildman–Crippen MR) is 109 cm³/mol. The van der Waals surface area contributed by atoms with Gasteiger partial charge in [0.1, 0.15) is 0 Å². The maximum Gasteiger partial charge on any atom is 0.255 e. The molecule has 1 aromatic rings. The lowest BCUT2D eigenvalue weighted by molar-refractivity contribution is -0.139. The Kier molecular flexibility index (Phi) is 6.08. The van der Waals surface area contributed by atoms with Crippen molar-refractivity contribution in [3.8, 4) is 0 Å². The normalized spacial score (nSPS) is 23.0. The molecule has 2 saturated heterocycles. The van der Waals surface area contributed by atoms with Crippen LogP contribution >= 0.6 is 0 Å². The molecule has 0 saturated carbocycles. The Morgan fingerprint density at radius 2 is 1.96 bits per heavy atom. The van der Waals surface area contributed by atoms with E-state index < -0.39 is 0 Å². The van der Waals surface area contributed by atoms with Crippen LogP contribution in [0.25, 0.3) is 0 Å². The van der Waals surface area contributed by atoms with Gasteiger partial charge in [-0.3, -0.25) is 9.59 Å². The van der Waals surface area contributed by atoms with Crippen LogP contribution < -0.4 is 4.90 Å². The summed E-state index contributed by atoms with van der Waals surface area (Å²) in [6.07, 6.45) is 5.82. The highest BCUT2D eigenvalue weighted by molar-refractivity contribution is 5.99. The summed E-state index contributed by atoms with van der Waals surface area (Å²) in [7, 11) is 3.95. The van der Waals surface area contributed by atoms with Gasteiger partial charge >= 0.3 is 0 Å². The van der Waals surface area contributed by atoms with E-state index >= 15 is 0 Å². The number of likely N-dealkylation sites (tertiary alicyclic amines) is 2. The minimum absolute atomic E-state index is 0.0720. The van der Waals surface area contributed by atoms with E-state index in [4.69, 9.17) is 0 Å². The summed E-state index contributed by atoms with van der Waals surface area (Å²) >= 11 is 0. The fraction of sp³-hybridized carbons (Fsp3) is 0.636. The van der Waals surface area contributed by atoms with Crippen LogP contribution in [0.5, 0.6) is 0 Å². The first kappa shape index (κ1) is 19.7. The molecule has 1 spiro atoms. The zero-order chi connectivity index (χ0) is 19.4. The van der Waals surface area contributed by atoms with Crippen LogP contribution in [0, 0.1) is 5.41 Å². The molecule has 3 rings (SSSR count). The van der Waals surface area contributed by atoms with Gasteiger partial charge in [-0.25, -0.2) is 0 Å². The third kappa shape index (κ3) is 4.28. The minimum Gasteiger partial charge on any atom is -0.377 e. The molecule has 0 radical (unpaired) electrons. The molecular weight excluding hydrogens is 338 g/mol. The Labute approximate surface area is 163 Å². The summed E-state index contributed by atoms with van der Waals surface area (Å²) in [6.45, 7) is 5.40. The largest absolute Gasteiger partial charge is 0.377 e. The standard InChI is InChI=1S/C22H33N3O2/c1-4-5-14-24-16-22(13-11-20(24)26)12-8-15-25(17-22)21(27)18-9-6-7-10-19(18)23(2)3/h6-7,9-10H,4-5,8,11-17H2,1-3H3. The van der Waals surface area contributed by atoms with Gasteiger partial charge in [0.2, 0.25) is 5.91 Å². The van der Waals surface area contributed by atoms with Gasteiger partial charge in [-0.05, 0) is 37.8 Å². The number of benzene rings is 1. The number of hydrogen-bond acceptors (Lipinski definition) is 3. The van der Waals surface area contributed by atoms with Gasteiger partial charge in [0.05, 0.1) is 5.56 Å². The van der Waals surface area contributed by atoms with Gasteiger partial charge in [-0.1, -0.05) is 25.5 Å². The Hall–Kier alpha value is -2.04. The molecular formula is C22H33N3O2. The maximum atomic E-state index is 13.3. The fourth-order valence-electron chi connectivity index (χ4n) is 4.58. The molecule has 0 bridgehead atoms.